The van der Waals surface area contributed by atoms with E-state index in [1.165, 1.54) is 19.1 Å². The minimum atomic E-state index is -1.58. The van der Waals surface area contributed by atoms with E-state index in [0.717, 1.165) is 18.2 Å². The number of para-hydroxylation sites is 1. The van der Waals surface area contributed by atoms with Crippen LogP contribution in [0.5, 0.6) is 5.75 Å². The molecule has 34 heavy (non-hydrogen) atoms. The Morgan fingerprint density at radius 1 is 1.24 bits per heavy atom. The molecule has 11 nitrogen and oxygen atoms in total. The first-order chi connectivity index (χ1) is 16.2. The number of phenolic OH excluding ortho intramolecular Hbond substituents is 1. The minimum Gasteiger partial charge on any atom is -0.507 e. The zero-order valence-electron chi connectivity index (χ0n) is 18.7. The van der Waals surface area contributed by atoms with Crippen LogP contribution in [0.1, 0.15) is 30.1 Å². The van der Waals surface area contributed by atoms with Crippen molar-refractivity contribution in [1.29, 1.82) is 0 Å². The maximum absolute atomic E-state index is 12.5. The second kappa shape index (κ2) is 12.2. The van der Waals surface area contributed by atoms with Gasteiger partial charge in [-0.05, 0) is 38.4 Å². The third-order valence-corrected chi connectivity index (χ3v) is 7.01. The predicted octanol–water partition coefficient (Wildman–Crippen LogP) is -1.29. The van der Waals surface area contributed by atoms with Crippen molar-refractivity contribution in [2.24, 2.45) is 0 Å². The summed E-state index contributed by atoms with van der Waals surface area (Å²) in [6, 6.07) is 4.50. The molecule has 0 spiro atoms. The van der Waals surface area contributed by atoms with Crippen LogP contribution < -0.4 is 10.6 Å². The molecule has 0 aliphatic carbocycles. The molecule has 7 N–H and O–H groups in total. The number of amides is 1. The Labute approximate surface area is 201 Å². The van der Waals surface area contributed by atoms with Gasteiger partial charge in [0, 0.05) is 5.75 Å². The van der Waals surface area contributed by atoms with Crippen molar-refractivity contribution in [1.82, 2.24) is 10.6 Å². The van der Waals surface area contributed by atoms with Gasteiger partial charge in [-0.3, -0.25) is 4.79 Å². The summed E-state index contributed by atoms with van der Waals surface area (Å²) in [6.07, 6.45) is -5.40. The fourth-order valence-electron chi connectivity index (χ4n) is 3.98. The first kappa shape index (κ1) is 26.7. The number of carbonyl (C=O) groups excluding carboxylic acids is 2. The fourth-order valence-corrected chi connectivity index (χ4v) is 4.96. The number of nitrogens with one attached hydrogen (secondary N) is 2. The summed E-state index contributed by atoms with van der Waals surface area (Å²) in [4.78, 5) is 24.6. The van der Waals surface area contributed by atoms with Crippen LogP contribution in [0.4, 0.5) is 0 Å². The van der Waals surface area contributed by atoms with E-state index in [1.54, 1.807) is 12.1 Å². The molecule has 3 rings (SSSR count). The Morgan fingerprint density at radius 2 is 1.97 bits per heavy atom. The molecule has 12 heteroatoms. The van der Waals surface area contributed by atoms with Crippen molar-refractivity contribution in [3.05, 3.63) is 29.8 Å². The number of aliphatic hydroxyl groups is 4. The Morgan fingerprint density at radius 3 is 2.62 bits per heavy atom. The Bertz CT molecular complexity index is 836. The van der Waals surface area contributed by atoms with Gasteiger partial charge in [-0.1, -0.05) is 12.1 Å². The minimum absolute atomic E-state index is 0.0207. The van der Waals surface area contributed by atoms with Gasteiger partial charge in [0.05, 0.1) is 18.2 Å². The van der Waals surface area contributed by atoms with Gasteiger partial charge in [0.25, 0.3) is 0 Å². The second-order valence-corrected chi connectivity index (χ2v) is 9.59. The molecule has 0 saturated carbocycles. The number of carbonyl (C=O) groups is 2. The van der Waals surface area contributed by atoms with Crippen LogP contribution in [-0.4, -0.2) is 104 Å². The molecule has 2 aliphatic rings. The molecular formula is C22H32N2O9S. The molecule has 2 heterocycles. The number of thioether (sulfide) groups is 1. The largest absolute Gasteiger partial charge is 0.507 e. The molecule has 190 valence electrons. The van der Waals surface area contributed by atoms with Crippen LogP contribution in [0.3, 0.4) is 0 Å². The summed E-state index contributed by atoms with van der Waals surface area (Å²) in [5, 5.41) is 57.0. The number of aromatic hydroxyl groups is 1. The van der Waals surface area contributed by atoms with E-state index >= 15 is 0 Å². The first-order valence-electron chi connectivity index (χ1n) is 11.2. The topological polar surface area (TPSA) is 178 Å². The maximum atomic E-state index is 12.5. The van der Waals surface area contributed by atoms with Crippen LogP contribution in [0, 0.1) is 0 Å². The summed E-state index contributed by atoms with van der Waals surface area (Å²) in [7, 11) is 0. The third kappa shape index (κ3) is 6.39. The monoisotopic (exact) mass is 500 g/mol. The van der Waals surface area contributed by atoms with E-state index in [1.807, 2.05) is 0 Å². The van der Waals surface area contributed by atoms with Gasteiger partial charge in [0.1, 0.15) is 47.8 Å². The van der Waals surface area contributed by atoms with Crippen molar-refractivity contribution >= 4 is 23.6 Å². The normalized spacial score (nSPS) is 31.0. The van der Waals surface area contributed by atoms with Gasteiger partial charge in [-0.15, -0.1) is 11.8 Å². The molecule has 2 aliphatic heterocycles. The Kier molecular flexibility index (Phi) is 9.54. The van der Waals surface area contributed by atoms with Crippen molar-refractivity contribution < 1.29 is 44.6 Å². The van der Waals surface area contributed by atoms with E-state index < -0.39 is 54.0 Å². The molecule has 1 aromatic carbocycles. The highest BCUT2D eigenvalue weighted by Crippen LogP contribution is 2.31. The summed E-state index contributed by atoms with van der Waals surface area (Å²) >= 11 is 1.04. The Hall–Kier alpha value is -1.93. The lowest BCUT2D eigenvalue weighted by Crippen LogP contribution is -2.65. The van der Waals surface area contributed by atoms with Crippen molar-refractivity contribution in [3.63, 3.8) is 0 Å². The second-order valence-electron chi connectivity index (χ2n) is 8.39. The third-order valence-electron chi connectivity index (χ3n) is 5.89. The van der Waals surface area contributed by atoms with Gasteiger partial charge in [-0.2, -0.15) is 0 Å². The molecule has 2 fully saturated rings. The van der Waals surface area contributed by atoms with Gasteiger partial charge >= 0.3 is 5.97 Å². The number of esters is 1. The lowest BCUT2D eigenvalue weighted by Gasteiger charge is -2.44. The van der Waals surface area contributed by atoms with Crippen LogP contribution in [0.25, 0.3) is 0 Å². The maximum Gasteiger partial charge on any atom is 0.341 e. The van der Waals surface area contributed by atoms with E-state index in [2.05, 4.69) is 10.6 Å². The van der Waals surface area contributed by atoms with Crippen LogP contribution in [0.15, 0.2) is 24.3 Å². The molecule has 8 atom stereocenters. The zero-order chi connectivity index (χ0) is 24.8. The predicted molar refractivity (Wildman–Crippen MR) is 122 cm³/mol. The summed E-state index contributed by atoms with van der Waals surface area (Å²) in [6.45, 7) is 2.07. The van der Waals surface area contributed by atoms with Gasteiger partial charge in [0.2, 0.25) is 5.91 Å². The highest BCUT2D eigenvalue weighted by atomic mass is 32.2. The molecule has 0 unspecified atom stereocenters. The number of hydrogen-bond acceptors (Lipinski definition) is 11. The Balaban J connectivity index is 1.57. The van der Waals surface area contributed by atoms with Gasteiger partial charge < -0.3 is 45.6 Å². The number of phenols is 1. The average molecular weight is 501 g/mol. The van der Waals surface area contributed by atoms with Crippen molar-refractivity contribution in [3.8, 4) is 5.75 Å². The standard InChI is InChI=1S/C22H32N2O9S/c1-11(25)15(24-20(30)13-6-4-8-23-13)19-17(28)16(27)18(29)22(33-19)34-10-9-32-21(31)12-5-2-3-7-14(12)26/h2-3,5,7,11,13,15-19,22-23,25-29H,4,6,8-10H2,1H3,(H,24,30)/t11-,13+,15-,16-,17+,18+,19+,22+/m0/s1. The smallest absolute Gasteiger partial charge is 0.341 e. The molecule has 1 amide bonds. The quantitative estimate of drug-likeness (QED) is 0.158. The first-order valence-corrected chi connectivity index (χ1v) is 12.2. The summed E-state index contributed by atoms with van der Waals surface area (Å²) in [5.41, 5.74) is -0.998. The molecular weight excluding hydrogens is 468 g/mol. The molecule has 2 saturated heterocycles. The number of rotatable bonds is 9. The number of hydrogen-bond donors (Lipinski definition) is 7. The highest BCUT2D eigenvalue weighted by Gasteiger charge is 2.48. The summed E-state index contributed by atoms with van der Waals surface area (Å²) in [5.74, 6) is -1.09. The average Bonchev–Trinajstić information content (AvgIpc) is 3.35. The molecule has 0 radical (unpaired) electrons. The molecule has 1 aromatic rings. The van der Waals surface area contributed by atoms with E-state index in [4.69, 9.17) is 9.47 Å². The number of benzene rings is 1. The lowest BCUT2D eigenvalue weighted by molar-refractivity contribution is -0.211. The van der Waals surface area contributed by atoms with Crippen LogP contribution in [-0.2, 0) is 14.3 Å². The highest BCUT2D eigenvalue weighted by molar-refractivity contribution is 7.99. The number of aliphatic hydroxyl groups excluding tert-OH is 4. The van der Waals surface area contributed by atoms with Gasteiger partial charge in [-0.25, -0.2) is 4.79 Å². The SMILES string of the molecule is C[C@H](O)[C@H](NC(=O)[C@H]1CCCN1)[C@H]1O[C@H](SCCOC(=O)c2ccccc2O)[C@H](O)[C@@H](O)[C@H]1O. The molecule has 0 aromatic heterocycles. The van der Waals surface area contributed by atoms with Gasteiger partial charge in [0.15, 0.2) is 0 Å². The number of ether oxygens (including phenoxy) is 2. The van der Waals surface area contributed by atoms with Crippen molar-refractivity contribution in [2.75, 3.05) is 18.9 Å². The van der Waals surface area contributed by atoms with Crippen molar-refractivity contribution in [2.45, 2.75) is 67.8 Å². The van der Waals surface area contributed by atoms with E-state index in [9.17, 15) is 35.1 Å². The van der Waals surface area contributed by atoms with E-state index in [-0.39, 0.29) is 29.6 Å². The lowest BCUT2D eigenvalue weighted by atomic mass is 9.92. The summed E-state index contributed by atoms with van der Waals surface area (Å²) < 4.78 is 10.9. The van der Waals surface area contributed by atoms with Crippen LogP contribution in [0.2, 0.25) is 0 Å². The fraction of sp³-hybridized carbons (Fsp3) is 0.636. The zero-order valence-corrected chi connectivity index (χ0v) is 19.6. The van der Waals surface area contributed by atoms with E-state index in [0.29, 0.717) is 13.0 Å². The van der Waals surface area contributed by atoms with Crippen LogP contribution >= 0.6 is 11.8 Å². The molecule has 0 bridgehead atoms.